The van der Waals surface area contributed by atoms with Crippen molar-refractivity contribution in [3.8, 4) is 0 Å². The Bertz CT molecular complexity index is 672. The third kappa shape index (κ3) is 4.90. The summed E-state index contributed by atoms with van der Waals surface area (Å²) in [5.41, 5.74) is 9.86. The maximum atomic E-state index is 10.8. The number of hydrogen-bond acceptors (Lipinski definition) is 3. The van der Waals surface area contributed by atoms with Gasteiger partial charge in [-0.3, -0.25) is 4.79 Å². The van der Waals surface area contributed by atoms with Gasteiger partial charge in [0.2, 0.25) is 0 Å². The summed E-state index contributed by atoms with van der Waals surface area (Å²) in [6.07, 6.45) is -0.101. The maximum absolute atomic E-state index is 10.8. The molecule has 0 aromatic heterocycles. The van der Waals surface area contributed by atoms with Crippen LogP contribution in [0.3, 0.4) is 0 Å². The van der Waals surface area contributed by atoms with Gasteiger partial charge in [-0.2, -0.15) is 0 Å². The monoisotopic (exact) mass is 326 g/mol. The van der Waals surface area contributed by atoms with Crippen LogP contribution in [0, 0.1) is 6.92 Å². The van der Waals surface area contributed by atoms with E-state index < -0.39 is 5.97 Å². The van der Waals surface area contributed by atoms with Crippen molar-refractivity contribution in [1.29, 1.82) is 0 Å². The summed E-state index contributed by atoms with van der Waals surface area (Å²) in [5, 5.41) is 8.88. The number of carbonyl (C=O) groups is 1. The van der Waals surface area contributed by atoms with Crippen LogP contribution in [-0.2, 0) is 11.2 Å². The fourth-order valence-electron chi connectivity index (χ4n) is 1.99. The molecule has 0 saturated heterocycles. The molecule has 2 aromatic carbocycles. The number of nitrogens with two attached hydrogens (primary N) is 1. The molecule has 1 radical (unpaired) electrons. The normalized spacial score (nSPS) is 9.32. The van der Waals surface area contributed by atoms with Gasteiger partial charge >= 0.3 is 5.97 Å². The number of benzene rings is 2. The number of para-hydroxylation sites is 1. The average molecular weight is 326 g/mol. The molecular formula is C16H17NNaO3S. The van der Waals surface area contributed by atoms with E-state index in [1.165, 1.54) is 0 Å². The summed E-state index contributed by atoms with van der Waals surface area (Å²) in [7, 11) is 0. The molecule has 0 bridgehead atoms. The van der Waals surface area contributed by atoms with Crippen LogP contribution in [0.25, 0.3) is 0 Å². The van der Waals surface area contributed by atoms with E-state index in [-0.39, 0.29) is 41.5 Å². The van der Waals surface area contributed by atoms with Gasteiger partial charge in [-0.1, -0.05) is 60.2 Å². The van der Waals surface area contributed by atoms with Crippen LogP contribution in [0.2, 0.25) is 0 Å². The van der Waals surface area contributed by atoms with Crippen molar-refractivity contribution in [2.24, 2.45) is 0 Å². The molecule has 0 aliphatic heterocycles. The van der Waals surface area contributed by atoms with E-state index in [0.29, 0.717) is 21.7 Å². The fraction of sp³-hybridized carbons (Fsp3) is 0.125. The molecule has 0 aliphatic rings. The molecule has 0 saturated carbocycles. The number of aliphatic carboxylic acids is 1. The predicted molar refractivity (Wildman–Crippen MR) is 93.5 cm³/mol. The quantitative estimate of drug-likeness (QED) is 0.387. The van der Waals surface area contributed by atoms with E-state index in [9.17, 15) is 4.79 Å². The number of hydrogen-bond donors (Lipinski definition) is 2. The first-order valence-electron chi connectivity index (χ1n) is 6.19. The van der Waals surface area contributed by atoms with Crippen LogP contribution in [0.4, 0.5) is 5.69 Å². The van der Waals surface area contributed by atoms with Crippen LogP contribution in [-0.4, -0.2) is 51.0 Å². The number of aryl methyl sites for hydroxylation is 1. The van der Waals surface area contributed by atoms with Crippen molar-refractivity contribution in [3.05, 3.63) is 64.7 Å². The van der Waals surface area contributed by atoms with Crippen LogP contribution < -0.4 is 5.73 Å². The maximum Gasteiger partial charge on any atom is 0.307 e. The van der Waals surface area contributed by atoms with Crippen molar-refractivity contribution in [1.82, 2.24) is 0 Å². The van der Waals surface area contributed by atoms with Crippen molar-refractivity contribution >= 4 is 58.3 Å². The summed E-state index contributed by atoms with van der Waals surface area (Å²) in [6.45, 7) is 2.01. The molecule has 0 fully saturated rings. The molecule has 2 aromatic rings. The zero-order chi connectivity index (χ0) is 14.7. The van der Waals surface area contributed by atoms with Crippen molar-refractivity contribution < 1.29 is 15.4 Å². The minimum atomic E-state index is -0.907. The Morgan fingerprint density at radius 3 is 2.32 bits per heavy atom. The Balaban J connectivity index is 0.00000220. The second-order valence-corrected chi connectivity index (χ2v) is 5.05. The molecule has 111 valence electrons. The molecular weight excluding hydrogens is 309 g/mol. The number of carboxylic acids is 1. The summed E-state index contributed by atoms with van der Waals surface area (Å²) < 4.78 is 0. The molecule has 0 amide bonds. The topological polar surface area (TPSA) is 94.8 Å². The third-order valence-corrected chi connectivity index (χ3v) is 3.55. The first-order valence-corrected chi connectivity index (χ1v) is 6.60. The Morgan fingerprint density at radius 1 is 1.18 bits per heavy atom. The molecule has 22 heavy (non-hydrogen) atoms. The molecule has 0 atom stereocenters. The molecule has 2 rings (SSSR count). The number of nitrogen functional groups attached to an aromatic ring is 1. The van der Waals surface area contributed by atoms with E-state index >= 15 is 0 Å². The van der Waals surface area contributed by atoms with Gasteiger partial charge in [0, 0.05) is 40.8 Å². The van der Waals surface area contributed by atoms with Crippen LogP contribution in [0.1, 0.15) is 22.3 Å². The number of thiocarbonyl (C=S) groups is 1. The Labute approximate surface area is 156 Å². The first kappa shape index (κ1) is 20.8. The second kappa shape index (κ2) is 9.02. The summed E-state index contributed by atoms with van der Waals surface area (Å²) in [5.74, 6) is -0.907. The molecule has 0 unspecified atom stereocenters. The zero-order valence-corrected chi connectivity index (χ0v) is 15.4. The van der Waals surface area contributed by atoms with Gasteiger partial charge in [0.1, 0.15) is 0 Å². The van der Waals surface area contributed by atoms with Crippen LogP contribution in [0.15, 0.2) is 42.5 Å². The summed E-state index contributed by atoms with van der Waals surface area (Å²) in [4.78, 5) is 11.5. The minimum absolute atomic E-state index is 0. The number of rotatable bonds is 4. The van der Waals surface area contributed by atoms with Crippen molar-refractivity contribution in [2.75, 3.05) is 5.73 Å². The van der Waals surface area contributed by atoms with Crippen molar-refractivity contribution in [3.63, 3.8) is 0 Å². The number of carboxylic acid groups (broad SMARTS) is 1. The van der Waals surface area contributed by atoms with Crippen LogP contribution in [0.5, 0.6) is 0 Å². The van der Waals surface area contributed by atoms with E-state index in [1.807, 2.05) is 37.3 Å². The second-order valence-electron chi connectivity index (χ2n) is 4.64. The van der Waals surface area contributed by atoms with E-state index in [0.717, 1.165) is 11.1 Å². The smallest absolute Gasteiger partial charge is 0.307 e. The van der Waals surface area contributed by atoms with Gasteiger partial charge in [0.05, 0.1) is 11.3 Å². The van der Waals surface area contributed by atoms with Gasteiger partial charge in [-0.25, -0.2) is 0 Å². The Hall–Kier alpha value is -1.24. The molecule has 4 nitrogen and oxygen atoms in total. The Morgan fingerprint density at radius 2 is 1.77 bits per heavy atom. The number of anilines is 1. The van der Waals surface area contributed by atoms with Gasteiger partial charge in [0.25, 0.3) is 0 Å². The van der Waals surface area contributed by atoms with Gasteiger partial charge in [-0.05, 0) is 18.1 Å². The summed E-state index contributed by atoms with van der Waals surface area (Å²) in [6, 6.07) is 13.2. The third-order valence-electron chi connectivity index (χ3n) is 3.10. The first-order chi connectivity index (χ1) is 9.49. The fourth-order valence-corrected chi connectivity index (χ4v) is 2.30. The molecule has 5 N–H and O–H groups in total. The van der Waals surface area contributed by atoms with Crippen LogP contribution >= 0.6 is 12.2 Å². The largest absolute Gasteiger partial charge is 0.481 e. The minimum Gasteiger partial charge on any atom is -0.481 e. The molecule has 6 heteroatoms. The average Bonchev–Trinajstić information content (AvgIpc) is 2.41. The van der Waals surface area contributed by atoms with Gasteiger partial charge < -0.3 is 16.3 Å². The zero-order valence-electron chi connectivity index (χ0n) is 12.6. The van der Waals surface area contributed by atoms with Gasteiger partial charge in [-0.15, -0.1) is 0 Å². The Kier molecular flexibility index (Phi) is 8.52. The van der Waals surface area contributed by atoms with Gasteiger partial charge in [0.15, 0.2) is 0 Å². The predicted octanol–water partition coefficient (Wildman–Crippen LogP) is 1.77. The standard InChI is InChI=1S/C16H15NO2S.Na.H2O/c1-10-5-7-11(8-6-10)16(20)13-4-2-3-12(15(13)17)9-14(18)19;;/h2-8H,9,17H2,1H3,(H,18,19);;1H2. The molecule has 0 heterocycles. The van der Waals surface area contributed by atoms with E-state index in [2.05, 4.69) is 0 Å². The summed E-state index contributed by atoms with van der Waals surface area (Å²) >= 11 is 5.46. The van der Waals surface area contributed by atoms with E-state index in [4.69, 9.17) is 23.1 Å². The SMILES string of the molecule is Cc1ccc(C(=S)c2cccc(CC(=O)O)c2N)cc1.O.[Na]. The molecule has 0 aliphatic carbocycles. The van der Waals surface area contributed by atoms with Crippen molar-refractivity contribution in [2.45, 2.75) is 13.3 Å². The van der Waals surface area contributed by atoms with E-state index in [1.54, 1.807) is 12.1 Å². The molecule has 0 spiro atoms.